The van der Waals surface area contributed by atoms with Gasteiger partial charge in [-0.2, -0.15) is 0 Å². The lowest BCUT2D eigenvalue weighted by molar-refractivity contribution is -0.139. The van der Waals surface area contributed by atoms with Crippen LogP contribution in [-0.2, 0) is 9.53 Å². The molecule has 5 nitrogen and oxygen atoms in total. The van der Waals surface area contributed by atoms with E-state index in [4.69, 9.17) is 16.3 Å². The molecule has 0 fully saturated rings. The maximum Gasteiger partial charge on any atom is 0.338 e. The summed E-state index contributed by atoms with van der Waals surface area (Å²) >= 11 is 5.99. The number of carbonyl (C=O) groups excluding carboxylic acids is 2. The van der Waals surface area contributed by atoms with Crippen LogP contribution in [0.3, 0.4) is 0 Å². The van der Waals surface area contributed by atoms with Gasteiger partial charge in [-0.15, -0.1) is 0 Å². The van der Waals surface area contributed by atoms with Crippen molar-refractivity contribution in [2.75, 3.05) is 6.61 Å². The fraction of sp³-hybridized carbons (Fsp3) is 0.333. The molecule has 0 saturated carbocycles. The number of benzene rings is 1. The molecule has 1 atom stereocenters. The molecule has 2 N–H and O–H groups in total. The van der Waals surface area contributed by atoms with Gasteiger partial charge >= 0.3 is 12.0 Å². The second kappa shape index (κ2) is 6.63. The highest BCUT2D eigenvalue weighted by Crippen LogP contribution is 2.28. The van der Waals surface area contributed by atoms with Crippen molar-refractivity contribution >= 4 is 23.6 Å². The molecule has 1 heterocycles. The lowest BCUT2D eigenvalue weighted by Crippen LogP contribution is -2.45. The highest BCUT2D eigenvalue weighted by molar-refractivity contribution is 6.30. The van der Waals surface area contributed by atoms with Gasteiger partial charge in [-0.1, -0.05) is 30.7 Å². The molecular weight excluding hydrogens is 292 g/mol. The normalized spacial score (nSPS) is 18.0. The van der Waals surface area contributed by atoms with Crippen LogP contribution in [0.5, 0.6) is 0 Å². The zero-order valence-electron chi connectivity index (χ0n) is 11.9. The molecule has 1 aliphatic rings. The van der Waals surface area contributed by atoms with Gasteiger partial charge in [0.25, 0.3) is 0 Å². The Labute approximate surface area is 128 Å². The van der Waals surface area contributed by atoms with Crippen LogP contribution in [0.4, 0.5) is 4.79 Å². The van der Waals surface area contributed by atoms with Crippen LogP contribution in [0.15, 0.2) is 35.5 Å². The molecule has 6 heteroatoms. The highest BCUT2D eigenvalue weighted by Gasteiger charge is 2.32. The molecule has 1 aliphatic heterocycles. The van der Waals surface area contributed by atoms with Crippen molar-refractivity contribution in [2.24, 2.45) is 0 Å². The van der Waals surface area contributed by atoms with Crippen LogP contribution >= 0.6 is 11.6 Å². The first-order valence-corrected chi connectivity index (χ1v) is 7.11. The second-order valence-electron chi connectivity index (χ2n) is 4.76. The van der Waals surface area contributed by atoms with Crippen molar-refractivity contribution in [1.82, 2.24) is 10.6 Å². The molecule has 2 amide bonds. The molecule has 21 heavy (non-hydrogen) atoms. The van der Waals surface area contributed by atoms with Crippen LogP contribution < -0.4 is 10.6 Å². The van der Waals surface area contributed by atoms with Crippen molar-refractivity contribution in [2.45, 2.75) is 26.3 Å². The average Bonchev–Trinajstić information content (AvgIpc) is 2.44. The largest absolute Gasteiger partial charge is 0.462 e. The number of amides is 2. The van der Waals surface area contributed by atoms with Gasteiger partial charge in [0.15, 0.2) is 0 Å². The van der Waals surface area contributed by atoms with E-state index in [-0.39, 0.29) is 6.03 Å². The molecule has 0 unspecified atom stereocenters. The third-order valence-corrected chi connectivity index (χ3v) is 3.34. The molecule has 112 valence electrons. The van der Waals surface area contributed by atoms with Crippen molar-refractivity contribution in [3.8, 4) is 0 Å². The molecule has 0 saturated heterocycles. The summed E-state index contributed by atoms with van der Waals surface area (Å²) in [6.45, 7) is 3.94. The minimum atomic E-state index is -0.568. The maximum absolute atomic E-state index is 12.2. The van der Waals surface area contributed by atoms with Crippen LogP contribution in [0.1, 0.15) is 31.9 Å². The van der Waals surface area contributed by atoms with Crippen molar-refractivity contribution in [3.05, 3.63) is 46.1 Å². The van der Waals surface area contributed by atoms with E-state index >= 15 is 0 Å². The third-order valence-electron chi connectivity index (χ3n) is 3.11. The van der Waals surface area contributed by atoms with E-state index in [0.717, 1.165) is 12.0 Å². The predicted molar refractivity (Wildman–Crippen MR) is 79.8 cm³/mol. The molecular formula is C15H17ClN2O3. The molecule has 0 radical (unpaired) electrons. The summed E-state index contributed by atoms with van der Waals surface area (Å²) < 4.78 is 5.20. The summed E-state index contributed by atoms with van der Waals surface area (Å²) in [5.74, 6) is -0.438. The summed E-state index contributed by atoms with van der Waals surface area (Å²) in [6, 6.07) is 6.11. The van der Waals surface area contributed by atoms with Crippen LogP contribution in [0.25, 0.3) is 0 Å². The van der Waals surface area contributed by atoms with E-state index < -0.39 is 12.0 Å². The summed E-state index contributed by atoms with van der Waals surface area (Å²) in [6.07, 6.45) is 0.736. The van der Waals surface area contributed by atoms with Gasteiger partial charge in [0.05, 0.1) is 18.2 Å². The van der Waals surface area contributed by atoms with E-state index in [1.165, 1.54) is 0 Å². The number of esters is 1. The molecule has 0 spiro atoms. The monoisotopic (exact) mass is 308 g/mol. The van der Waals surface area contributed by atoms with Gasteiger partial charge in [-0.25, -0.2) is 9.59 Å². The minimum absolute atomic E-state index is 0.339. The lowest BCUT2D eigenvalue weighted by Gasteiger charge is -2.28. The standard InChI is InChI=1S/C15H17ClN2O3/c1-3-7-21-14(19)12-9(2)17-15(20)18-13(12)10-5-4-6-11(16)8-10/h4-6,8,13H,3,7H2,1-2H3,(H2,17,18,20)/t13-/m1/s1. The average molecular weight is 309 g/mol. The molecule has 1 aromatic carbocycles. The number of hydrogen-bond acceptors (Lipinski definition) is 3. The Bertz CT molecular complexity index is 598. The summed E-state index contributed by atoms with van der Waals surface area (Å²) in [4.78, 5) is 23.9. The summed E-state index contributed by atoms with van der Waals surface area (Å²) in [5, 5.41) is 5.87. The van der Waals surface area contributed by atoms with Crippen LogP contribution in [-0.4, -0.2) is 18.6 Å². The fourth-order valence-electron chi connectivity index (χ4n) is 2.17. The Morgan fingerprint density at radius 3 is 2.86 bits per heavy atom. The Kier molecular flexibility index (Phi) is 4.85. The van der Waals surface area contributed by atoms with E-state index in [9.17, 15) is 9.59 Å². The number of ether oxygens (including phenoxy) is 1. The number of nitrogens with one attached hydrogen (secondary N) is 2. The SMILES string of the molecule is CCCOC(=O)C1=C(C)NC(=O)N[C@@H]1c1cccc(Cl)c1. The number of carbonyl (C=O) groups is 2. The number of urea groups is 1. The van der Waals surface area contributed by atoms with E-state index in [1.807, 2.05) is 13.0 Å². The van der Waals surface area contributed by atoms with Gasteiger partial charge in [-0.05, 0) is 31.0 Å². The quantitative estimate of drug-likeness (QED) is 0.840. The first-order valence-electron chi connectivity index (χ1n) is 6.73. The highest BCUT2D eigenvalue weighted by atomic mass is 35.5. The summed E-state index contributed by atoms with van der Waals surface area (Å²) in [5.41, 5.74) is 1.62. The van der Waals surface area contributed by atoms with Crippen molar-refractivity contribution in [1.29, 1.82) is 0 Å². The first-order chi connectivity index (χ1) is 10.0. The Morgan fingerprint density at radius 2 is 2.19 bits per heavy atom. The van der Waals surface area contributed by atoms with E-state index in [1.54, 1.807) is 25.1 Å². The van der Waals surface area contributed by atoms with Gasteiger partial charge in [0.1, 0.15) is 0 Å². The Hall–Kier alpha value is -2.01. The maximum atomic E-state index is 12.2. The zero-order valence-corrected chi connectivity index (χ0v) is 12.7. The van der Waals surface area contributed by atoms with Gasteiger partial charge in [0.2, 0.25) is 0 Å². The minimum Gasteiger partial charge on any atom is -0.462 e. The zero-order chi connectivity index (χ0) is 15.4. The third kappa shape index (κ3) is 3.55. The number of rotatable bonds is 4. The van der Waals surface area contributed by atoms with Crippen LogP contribution in [0, 0.1) is 0 Å². The van der Waals surface area contributed by atoms with Gasteiger partial charge in [0, 0.05) is 10.7 Å². The van der Waals surface area contributed by atoms with Gasteiger partial charge < -0.3 is 15.4 Å². The first kappa shape index (κ1) is 15.4. The lowest BCUT2D eigenvalue weighted by atomic mass is 9.95. The van der Waals surface area contributed by atoms with Crippen LogP contribution in [0.2, 0.25) is 5.02 Å². The Balaban J connectivity index is 2.38. The smallest absolute Gasteiger partial charge is 0.338 e. The van der Waals surface area contributed by atoms with E-state index in [2.05, 4.69) is 10.6 Å². The molecule has 0 bridgehead atoms. The molecule has 2 rings (SSSR count). The molecule has 0 aliphatic carbocycles. The fourth-order valence-corrected chi connectivity index (χ4v) is 2.37. The predicted octanol–water partition coefficient (Wildman–Crippen LogP) is 2.92. The van der Waals surface area contributed by atoms with Crippen molar-refractivity contribution < 1.29 is 14.3 Å². The number of halogens is 1. The Morgan fingerprint density at radius 1 is 1.43 bits per heavy atom. The second-order valence-corrected chi connectivity index (χ2v) is 5.20. The molecule has 0 aromatic heterocycles. The molecule has 1 aromatic rings. The van der Waals surface area contributed by atoms with Crippen molar-refractivity contribution in [3.63, 3.8) is 0 Å². The topological polar surface area (TPSA) is 67.4 Å². The summed E-state index contributed by atoms with van der Waals surface area (Å²) in [7, 11) is 0. The number of hydrogen-bond donors (Lipinski definition) is 2. The van der Waals surface area contributed by atoms with Gasteiger partial charge in [-0.3, -0.25) is 0 Å². The van der Waals surface area contributed by atoms with E-state index in [0.29, 0.717) is 22.9 Å². The number of allylic oxidation sites excluding steroid dienone is 1.